The maximum Gasteiger partial charge on any atom is 0.414 e. The first-order valence-corrected chi connectivity index (χ1v) is 8.75. The Bertz CT molecular complexity index is 711. The van der Waals surface area contributed by atoms with Crippen LogP contribution >= 0.6 is 35.0 Å². The molecule has 1 aromatic heterocycles. The fraction of sp³-hybridized carbons (Fsp3) is 0.188. The highest BCUT2D eigenvalue weighted by molar-refractivity contribution is 7.99. The van der Waals surface area contributed by atoms with Crippen molar-refractivity contribution in [3.63, 3.8) is 0 Å². The fourth-order valence-electron chi connectivity index (χ4n) is 1.77. The molecule has 0 saturated carbocycles. The molecule has 0 spiro atoms. The van der Waals surface area contributed by atoms with Crippen LogP contribution < -0.4 is 0 Å². The van der Waals surface area contributed by atoms with E-state index < -0.39 is 11.9 Å². The number of carboxylic acids is 2. The lowest BCUT2D eigenvalue weighted by atomic mass is 10.1. The average molecular weight is 403 g/mol. The first kappa shape index (κ1) is 21.1. The van der Waals surface area contributed by atoms with E-state index in [1.165, 1.54) is 0 Å². The van der Waals surface area contributed by atoms with E-state index in [0.717, 1.165) is 17.9 Å². The minimum Gasteiger partial charge on any atom is -0.473 e. The molecule has 0 aliphatic rings. The van der Waals surface area contributed by atoms with Crippen LogP contribution in [0, 0.1) is 0 Å². The van der Waals surface area contributed by atoms with Gasteiger partial charge in [-0.1, -0.05) is 35.3 Å². The van der Waals surface area contributed by atoms with Crippen LogP contribution in [0.25, 0.3) is 0 Å². The number of hydrogen-bond acceptors (Lipinski definition) is 4. The second kappa shape index (κ2) is 10.8. The van der Waals surface area contributed by atoms with Gasteiger partial charge in [-0.2, -0.15) is 0 Å². The number of nitrogens with zero attached hydrogens (tertiary/aromatic N) is 2. The highest BCUT2D eigenvalue weighted by Gasteiger charge is 2.15. The van der Waals surface area contributed by atoms with Crippen molar-refractivity contribution >= 4 is 46.9 Å². The standard InChI is InChI=1S/C14H14Cl2N2S.C2H2O4/c1-2-7-19-14(9-18-6-5-17-10-18)12-4-3-11(15)8-13(12)16;3-1(4)2(5)6/h2-6,8,10,14H,1,7,9H2;(H,3,4)(H,5,6). The van der Waals surface area contributed by atoms with E-state index in [1.54, 1.807) is 24.0 Å². The van der Waals surface area contributed by atoms with Crippen LogP contribution in [0.1, 0.15) is 10.8 Å². The molecule has 0 bridgehead atoms. The van der Waals surface area contributed by atoms with Crippen molar-refractivity contribution in [3.05, 3.63) is 65.2 Å². The SMILES string of the molecule is C=CCSC(Cn1ccnc1)c1ccc(Cl)cc1Cl.O=C(O)C(=O)O. The molecule has 1 atom stereocenters. The van der Waals surface area contributed by atoms with Gasteiger partial charge in [-0.3, -0.25) is 0 Å². The normalized spacial score (nSPS) is 11.1. The van der Waals surface area contributed by atoms with E-state index in [0.29, 0.717) is 10.0 Å². The number of benzene rings is 1. The Morgan fingerprint density at radius 3 is 2.48 bits per heavy atom. The van der Waals surface area contributed by atoms with Crippen LogP contribution in [-0.2, 0) is 16.1 Å². The number of aromatic nitrogens is 2. The van der Waals surface area contributed by atoms with Crippen molar-refractivity contribution in [1.82, 2.24) is 9.55 Å². The van der Waals surface area contributed by atoms with E-state index in [9.17, 15) is 0 Å². The van der Waals surface area contributed by atoms with Gasteiger partial charge in [0.25, 0.3) is 0 Å². The van der Waals surface area contributed by atoms with Crippen LogP contribution in [0.5, 0.6) is 0 Å². The molecule has 0 aliphatic heterocycles. The molecule has 0 radical (unpaired) electrons. The summed E-state index contributed by atoms with van der Waals surface area (Å²) in [5, 5.41) is 16.4. The van der Waals surface area contributed by atoms with Gasteiger partial charge in [-0.25, -0.2) is 14.6 Å². The lowest BCUT2D eigenvalue weighted by molar-refractivity contribution is -0.159. The molecular formula is C16H16Cl2N2O4S. The number of imidazole rings is 1. The van der Waals surface area contributed by atoms with E-state index >= 15 is 0 Å². The lowest BCUT2D eigenvalue weighted by Gasteiger charge is -2.18. The van der Waals surface area contributed by atoms with E-state index in [1.807, 2.05) is 35.3 Å². The van der Waals surface area contributed by atoms with Crippen molar-refractivity contribution in [2.24, 2.45) is 0 Å². The number of hydrogen-bond donors (Lipinski definition) is 2. The number of halogens is 2. The number of carboxylic acid groups (broad SMARTS) is 2. The molecule has 2 aromatic rings. The summed E-state index contributed by atoms with van der Waals surface area (Å²) in [7, 11) is 0. The molecule has 25 heavy (non-hydrogen) atoms. The van der Waals surface area contributed by atoms with Crippen molar-refractivity contribution in [3.8, 4) is 0 Å². The molecule has 0 fully saturated rings. The number of aliphatic carboxylic acids is 2. The number of thioether (sulfide) groups is 1. The zero-order valence-corrected chi connectivity index (χ0v) is 15.3. The van der Waals surface area contributed by atoms with Crippen LogP contribution in [0.4, 0.5) is 0 Å². The van der Waals surface area contributed by atoms with Crippen molar-refractivity contribution in [2.75, 3.05) is 5.75 Å². The predicted molar refractivity (Wildman–Crippen MR) is 99.4 cm³/mol. The van der Waals surface area contributed by atoms with E-state index in [4.69, 9.17) is 43.0 Å². The Hall–Kier alpha value is -1.96. The van der Waals surface area contributed by atoms with Crippen LogP contribution in [-0.4, -0.2) is 37.5 Å². The van der Waals surface area contributed by atoms with Crippen molar-refractivity contribution in [2.45, 2.75) is 11.8 Å². The van der Waals surface area contributed by atoms with Crippen LogP contribution in [0.3, 0.4) is 0 Å². The third kappa shape index (κ3) is 7.64. The minimum absolute atomic E-state index is 0.247. The minimum atomic E-state index is -1.82. The van der Waals surface area contributed by atoms with E-state index in [2.05, 4.69) is 11.6 Å². The monoisotopic (exact) mass is 402 g/mol. The molecule has 0 aliphatic carbocycles. The molecule has 0 amide bonds. The topological polar surface area (TPSA) is 92.4 Å². The van der Waals surface area contributed by atoms with Gasteiger partial charge in [0.2, 0.25) is 0 Å². The molecule has 1 aromatic carbocycles. The maximum absolute atomic E-state index is 9.10. The summed E-state index contributed by atoms with van der Waals surface area (Å²) in [6.45, 7) is 4.59. The number of carbonyl (C=O) groups is 2. The maximum atomic E-state index is 9.10. The Balaban J connectivity index is 0.000000450. The van der Waals surface area contributed by atoms with Gasteiger partial charge in [-0.05, 0) is 17.7 Å². The smallest absolute Gasteiger partial charge is 0.414 e. The molecular weight excluding hydrogens is 387 g/mol. The fourth-order valence-corrected chi connectivity index (χ4v) is 3.41. The van der Waals surface area contributed by atoms with Crippen LogP contribution in [0.15, 0.2) is 49.6 Å². The largest absolute Gasteiger partial charge is 0.473 e. The zero-order valence-electron chi connectivity index (χ0n) is 13.0. The first-order valence-electron chi connectivity index (χ1n) is 6.94. The second-order valence-corrected chi connectivity index (χ2v) is 6.73. The molecule has 1 unspecified atom stereocenters. The van der Waals surface area contributed by atoms with Gasteiger partial charge >= 0.3 is 11.9 Å². The predicted octanol–water partition coefficient (Wildman–Crippen LogP) is 4.01. The van der Waals surface area contributed by atoms with Gasteiger partial charge in [0.15, 0.2) is 0 Å². The van der Waals surface area contributed by atoms with Gasteiger partial charge in [-0.15, -0.1) is 18.3 Å². The van der Waals surface area contributed by atoms with E-state index in [-0.39, 0.29) is 5.25 Å². The van der Waals surface area contributed by atoms with Gasteiger partial charge in [0.1, 0.15) is 0 Å². The zero-order chi connectivity index (χ0) is 18.8. The second-order valence-electron chi connectivity index (χ2n) is 4.65. The molecule has 9 heteroatoms. The third-order valence-electron chi connectivity index (χ3n) is 2.84. The third-order valence-corrected chi connectivity index (χ3v) is 4.64. The summed E-state index contributed by atoms with van der Waals surface area (Å²) in [6, 6.07) is 5.65. The average Bonchev–Trinajstić information content (AvgIpc) is 3.05. The molecule has 6 nitrogen and oxygen atoms in total. The molecule has 0 saturated heterocycles. The molecule has 134 valence electrons. The summed E-state index contributed by atoms with van der Waals surface area (Å²) in [5.41, 5.74) is 1.09. The summed E-state index contributed by atoms with van der Waals surface area (Å²) >= 11 is 14.0. The lowest BCUT2D eigenvalue weighted by Crippen LogP contribution is -2.09. The van der Waals surface area contributed by atoms with Crippen molar-refractivity contribution < 1.29 is 19.8 Å². The van der Waals surface area contributed by atoms with Gasteiger partial charge in [0.05, 0.1) is 6.33 Å². The van der Waals surface area contributed by atoms with Crippen molar-refractivity contribution in [1.29, 1.82) is 0 Å². The molecule has 2 rings (SSSR count). The summed E-state index contributed by atoms with van der Waals surface area (Å²) in [6.07, 6.45) is 7.44. The Morgan fingerprint density at radius 1 is 1.32 bits per heavy atom. The summed E-state index contributed by atoms with van der Waals surface area (Å²) in [4.78, 5) is 22.3. The summed E-state index contributed by atoms with van der Waals surface area (Å²) < 4.78 is 2.05. The highest BCUT2D eigenvalue weighted by atomic mass is 35.5. The highest BCUT2D eigenvalue weighted by Crippen LogP contribution is 2.36. The van der Waals surface area contributed by atoms with Gasteiger partial charge in [0, 0.05) is 40.0 Å². The Labute approximate surface area is 159 Å². The Kier molecular flexibility index (Phi) is 9.12. The Morgan fingerprint density at radius 2 is 2.00 bits per heavy atom. The quantitative estimate of drug-likeness (QED) is 0.560. The first-order chi connectivity index (χ1) is 11.8. The van der Waals surface area contributed by atoms with Gasteiger partial charge < -0.3 is 14.8 Å². The van der Waals surface area contributed by atoms with Crippen LogP contribution in [0.2, 0.25) is 10.0 Å². The number of rotatable bonds is 6. The molecule has 2 N–H and O–H groups in total. The summed E-state index contributed by atoms with van der Waals surface area (Å²) in [5.74, 6) is -2.77. The molecule has 1 heterocycles.